The Morgan fingerprint density at radius 2 is 1.52 bits per heavy atom. The summed E-state index contributed by atoms with van der Waals surface area (Å²) in [5.74, 6) is 1.07. The lowest BCUT2D eigenvalue weighted by molar-refractivity contribution is 0.522. The number of nitrogens with one attached hydrogen (secondary N) is 1. The van der Waals surface area contributed by atoms with Crippen LogP contribution in [0, 0.1) is 0 Å². The Balaban J connectivity index is 1.44. The van der Waals surface area contributed by atoms with Gasteiger partial charge >= 0.3 is 0 Å². The summed E-state index contributed by atoms with van der Waals surface area (Å²) in [4.78, 5) is 4.99. The molecule has 0 unspecified atom stereocenters. The van der Waals surface area contributed by atoms with Crippen molar-refractivity contribution in [2.45, 2.75) is 30.7 Å². The Labute approximate surface area is 182 Å². The van der Waals surface area contributed by atoms with E-state index in [-0.39, 0.29) is 4.90 Å². The highest BCUT2D eigenvalue weighted by atomic mass is 32.2. The Kier molecular flexibility index (Phi) is 5.08. The van der Waals surface area contributed by atoms with Gasteiger partial charge in [0.25, 0.3) is 10.0 Å². The van der Waals surface area contributed by atoms with Crippen molar-refractivity contribution in [2.75, 3.05) is 4.72 Å². The fourth-order valence-corrected chi connectivity index (χ4v) is 5.08. The minimum Gasteiger partial charge on any atom is -0.334 e. The van der Waals surface area contributed by atoms with Crippen molar-refractivity contribution in [1.29, 1.82) is 0 Å². The fourth-order valence-electron chi connectivity index (χ4n) is 4.00. The molecule has 5 rings (SSSR count). The van der Waals surface area contributed by atoms with E-state index in [1.54, 1.807) is 18.2 Å². The topological polar surface area (TPSA) is 64.0 Å². The largest absolute Gasteiger partial charge is 0.334 e. The summed E-state index contributed by atoms with van der Waals surface area (Å²) in [5, 5.41) is 0. The third-order valence-corrected chi connectivity index (χ3v) is 7.01. The smallest absolute Gasteiger partial charge is 0.261 e. The van der Waals surface area contributed by atoms with Crippen LogP contribution < -0.4 is 4.72 Å². The summed E-state index contributed by atoms with van der Waals surface area (Å²) in [6, 6.07) is 24.3. The van der Waals surface area contributed by atoms with E-state index in [1.165, 1.54) is 0 Å². The second-order valence-electron chi connectivity index (χ2n) is 7.73. The van der Waals surface area contributed by atoms with Crippen LogP contribution in [0.1, 0.15) is 18.7 Å². The zero-order valence-electron chi connectivity index (χ0n) is 17.0. The van der Waals surface area contributed by atoms with Crippen molar-refractivity contribution < 1.29 is 8.42 Å². The van der Waals surface area contributed by atoms with Gasteiger partial charge in [-0.05, 0) is 42.2 Å². The second kappa shape index (κ2) is 8.04. The molecule has 0 saturated carbocycles. The van der Waals surface area contributed by atoms with Crippen LogP contribution >= 0.6 is 0 Å². The average molecular weight is 430 g/mol. The van der Waals surface area contributed by atoms with Crippen molar-refractivity contribution in [3.05, 3.63) is 90.9 Å². The molecule has 6 heteroatoms. The molecule has 1 N–H and O–H groups in total. The van der Waals surface area contributed by atoms with Crippen LogP contribution in [0.3, 0.4) is 0 Å². The molecule has 1 aromatic heterocycles. The van der Waals surface area contributed by atoms with Crippen molar-refractivity contribution in [3.8, 4) is 22.4 Å². The van der Waals surface area contributed by atoms with Crippen molar-refractivity contribution in [3.63, 3.8) is 0 Å². The summed E-state index contributed by atoms with van der Waals surface area (Å²) < 4.78 is 31.1. The monoisotopic (exact) mass is 429 g/mol. The number of imidazole rings is 1. The normalized spacial score (nSPS) is 13.5. The average Bonchev–Trinajstić information content (AvgIpc) is 3.24. The number of aryl methyl sites for hydroxylation is 2. The quantitative estimate of drug-likeness (QED) is 0.465. The van der Waals surface area contributed by atoms with E-state index >= 15 is 0 Å². The molecule has 156 valence electrons. The summed E-state index contributed by atoms with van der Waals surface area (Å²) in [5.41, 5.74) is 4.14. The molecule has 31 heavy (non-hydrogen) atoms. The fraction of sp³-hybridized carbons (Fsp3) is 0.160. The highest BCUT2D eigenvalue weighted by Crippen LogP contribution is 2.31. The lowest BCUT2D eigenvalue weighted by atomic mass is 10.1. The van der Waals surface area contributed by atoms with E-state index in [4.69, 9.17) is 4.98 Å². The minimum absolute atomic E-state index is 0.228. The van der Waals surface area contributed by atoms with E-state index in [9.17, 15) is 8.42 Å². The predicted octanol–water partition coefficient (Wildman–Crippen LogP) is 5.35. The second-order valence-corrected chi connectivity index (χ2v) is 9.42. The molecule has 1 aliphatic heterocycles. The van der Waals surface area contributed by atoms with Gasteiger partial charge in [0.15, 0.2) is 0 Å². The Morgan fingerprint density at radius 1 is 0.806 bits per heavy atom. The molecule has 5 nitrogen and oxygen atoms in total. The molecule has 0 fully saturated rings. The Morgan fingerprint density at radius 3 is 2.29 bits per heavy atom. The summed E-state index contributed by atoms with van der Waals surface area (Å²) in [7, 11) is -3.73. The molecule has 0 bridgehead atoms. The van der Waals surface area contributed by atoms with E-state index in [0.717, 1.165) is 54.0 Å². The number of nitrogens with zero attached hydrogens (tertiary/aromatic N) is 2. The van der Waals surface area contributed by atoms with Gasteiger partial charge in [-0.15, -0.1) is 0 Å². The lowest BCUT2D eigenvalue weighted by Crippen LogP contribution is -2.13. The van der Waals surface area contributed by atoms with Gasteiger partial charge in [0.1, 0.15) is 5.82 Å². The molecule has 0 amide bonds. The SMILES string of the molecule is O=S(=O)(Nc1ccccc1-c1cn2c(n1)CCCC2)c1ccc(-c2ccccc2)cc1. The van der Waals surface area contributed by atoms with Crippen LogP contribution in [0.2, 0.25) is 0 Å². The van der Waals surface area contributed by atoms with Crippen LogP contribution in [0.4, 0.5) is 5.69 Å². The molecule has 0 spiro atoms. The number of hydrogen-bond donors (Lipinski definition) is 1. The van der Waals surface area contributed by atoms with Gasteiger partial charge in [0.05, 0.1) is 16.3 Å². The van der Waals surface area contributed by atoms with Gasteiger partial charge in [0.2, 0.25) is 0 Å². The predicted molar refractivity (Wildman–Crippen MR) is 123 cm³/mol. The van der Waals surface area contributed by atoms with Crippen LogP contribution in [0.15, 0.2) is 90.0 Å². The maximum absolute atomic E-state index is 13.1. The standard InChI is InChI=1S/C25H23N3O2S/c29-31(30,21-15-13-20(14-16-21)19-8-2-1-3-9-19)27-23-11-5-4-10-22(23)24-18-28-17-7-6-12-25(28)26-24/h1-5,8-11,13-16,18,27H,6-7,12,17H2. The maximum Gasteiger partial charge on any atom is 0.261 e. The van der Waals surface area contributed by atoms with E-state index in [0.29, 0.717) is 5.69 Å². The van der Waals surface area contributed by atoms with Crippen molar-refractivity contribution >= 4 is 15.7 Å². The molecular formula is C25H23N3O2S. The zero-order valence-corrected chi connectivity index (χ0v) is 17.8. The first kappa shape index (κ1) is 19.6. The van der Waals surface area contributed by atoms with Gasteiger partial charge in [-0.1, -0.05) is 60.7 Å². The number of rotatable bonds is 5. The first-order valence-corrected chi connectivity index (χ1v) is 11.9. The first-order chi connectivity index (χ1) is 15.1. The molecule has 0 aliphatic carbocycles. The van der Waals surface area contributed by atoms with Crippen LogP contribution in [-0.2, 0) is 23.0 Å². The number of fused-ring (bicyclic) bond motifs is 1. The van der Waals surface area contributed by atoms with Gasteiger partial charge in [-0.2, -0.15) is 0 Å². The Bertz CT molecular complexity index is 1290. The number of aromatic nitrogens is 2. The molecule has 3 aromatic carbocycles. The van der Waals surface area contributed by atoms with Gasteiger partial charge in [-0.25, -0.2) is 13.4 Å². The van der Waals surface area contributed by atoms with E-state index in [2.05, 4.69) is 9.29 Å². The van der Waals surface area contributed by atoms with Gasteiger partial charge in [-0.3, -0.25) is 4.72 Å². The molecular weight excluding hydrogens is 406 g/mol. The van der Waals surface area contributed by atoms with E-state index in [1.807, 2.05) is 66.9 Å². The zero-order chi connectivity index (χ0) is 21.3. The summed E-state index contributed by atoms with van der Waals surface area (Å²) >= 11 is 0. The number of anilines is 1. The van der Waals surface area contributed by atoms with E-state index < -0.39 is 10.0 Å². The third kappa shape index (κ3) is 3.99. The number of benzene rings is 3. The molecule has 4 aromatic rings. The molecule has 0 radical (unpaired) electrons. The number of hydrogen-bond acceptors (Lipinski definition) is 3. The first-order valence-electron chi connectivity index (χ1n) is 10.4. The Hall–Kier alpha value is -3.38. The van der Waals surface area contributed by atoms with Gasteiger partial charge < -0.3 is 4.57 Å². The highest BCUT2D eigenvalue weighted by Gasteiger charge is 2.19. The molecule has 0 saturated heterocycles. The van der Waals surface area contributed by atoms with Crippen LogP contribution in [-0.4, -0.2) is 18.0 Å². The lowest BCUT2D eigenvalue weighted by Gasteiger charge is -2.12. The third-order valence-electron chi connectivity index (χ3n) is 5.63. The molecule has 0 atom stereocenters. The molecule has 2 heterocycles. The highest BCUT2D eigenvalue weighted by molar-refractivity contribution is 7.92. The number of para-hydroxylation sites is 1. The summed E-state index contributed by atoms with van der Waals surface area (Å²) in [6.45, 7) is 0.962. The number of sulfonamides is 1. The van der Waals surface area contributed by atoms with Gasteiger partial charge in [0, 0.05) is 24.7 Å². The van der Waals surface area contributed by atoms with Crippen molar-refractivity contribution in [2.24, 2.45) is 0 Å². The maximum atomic E-state index is 13.1. The molecule has 1 aliphatic rings. The van der Waals surface area contributed by atoms with Crippen LogP contribution in [0.5, 0.6) is 0 Å². The minimum atomic E-state index is -3.73. The van der Waals surface area contributed by atoms with Crippen molar-refractivity contribution in [1.82, 2.24) is 9.55 Å². The summed E-state index contributed by atoms with van der Waals surface area (Å²) in [6.07, 6.45) is 5.28. The van der Waals surface area contributed by atoms with Crippen LogP contribution in [0.25, 0.3) is 22.4 Å².